The van der Waals surface area contributed by atoms with Crippen molar-refractivity contribution in [2.45, 2.75) is 104 Å². The van der Waals surface area contributed by atoms with E-state index in [0.29, 0.717) is 17.8 Å². The molecule has 0 saturated heterocycles. The van der Waals surface area contributed by atoms with Crippen molar-refractivity contribution in [3.05, 3.63) is 47.7 Å². The van der Waals surface area contributed by atoms with E-state index in [9.17, 15) is 4.39 Å². The van der Waals surface area contributed by atoms with Gasteiger partial charge in [-0.15, -0.1) is 0 Å². The number of hydrogen-bond donors (Lipinski definition) is 0. The first kappa shape index (κ1) is 25.6. The van der Waals surface area contributed by atoms with Crippen molar-refractivity contribution < 1.29 is 4.39 Å². The Morgan fingerprint density at radius 2 is 1.82 bits per heavy atom. The minimum atomic E-state index is -0.889. The Balaban J connectivity index is 1.47. The average molecular weight is 466 g/mol. The zero-order chi connectivity index (χ0) is 24.2. The van der Waals surface area contributed by atoms with Crippen molar-refractivity contribution in [2.24, 2.45) is 46.4 Å². The van der Waals surface area contributed by atoms with E-state index in [1.165, 1.54) is 62.5 Å². The number of nitrogens with zero attached hydrogens (tertiary/aromatic N) is 1. The lowest BCUT2D eigenvalue weighted by Crippen LogP contribution is -2.28. The molecule has 0 aromatic rings. The van der Waals surface area contributed by atoms with E-state index >= 15 is 0 Å². The summed E-state index contributed by atoms with van der Waals surface area (Å²) < 4.78 is 14.8. The third kappa shape index (κ3) is 6.21. The third-order valence-corrected chi connectivity index (χ3v) is 9.33. The zero-order valence-corrected chi connectivity index (χ0v) is 22.1. The van der Waals surface area contributed by atoms with Gasteiger partial charge in [0.1, 0.15) is 6.17 Å². The molecular weight excluding hydrogens is 417 g/mol. The second-order valence-electron chi connectivity index (χ2n) is 12.4. The average Bonchev–Trinajstić information content (AvgIpc) is 3.25. The van der Waals surface area contributed by atoms with Crippen LogP contribution in [0.3, 0.4) is 0 Å². The van der Waals surface area contributed by atoms with Crippen LogP contribution in [0.1, 0.15) is 97.8 Å². The molecule has 2 fully saturated rings. The van der Waals surface area contributed by atoms with Crippen LogP contribution in [0, 0.1) is 41.4 Å². The molecule has 2 saturated carbocycles. The highest BCUT2D eigenvalue weighted by molar-refractivity contribution is 5.69. The molecule has 4 rings (SSSR count). The Labute approximate surface area is 208 Å². The van der Waals surface area contributed by atoms with Gasteiger partial charge in [0.2, 0.25) is 0 Å². The minimum absolute atomic E-state index is 0.0124. The standard InChI is InChI=1S/C32H48FN/c1-21(2)32(33)23(4)28-13-7-12-27(17-28)19-30(24(5)31-15-22(3)20-34-31)29-14-8-11-26(18-29)16-25-9-6-10-25/h12,15,20-22,25-26,28-30,32H,4-11,13-14,16-19H2,1-3H3/t22?,26?,28?,29?,30?,32-/m1/s1. The van der Waals surface area contributed by atoms with E-state index in [2.05, 4.69) is 38.4 Å². The first-order valence-electron chi connectivity index (χ1n) is 14.3. The summed E-state index contributed by atoms with van der Waals surface area (Å²) in [6, 6.07) is 0. The molecule has 0 N–H and O–H groups in total. The Bertz CT molecular complexity index is 826. The maximum Gasteiger partial charge on any atom is 0.123 e. The molecule has 188 valence electrons. The Hall–Kier alpha value is -1.44. The van der Waals surface area contributed by atoms with Gasteiger partial charge in [-0.25, -0.2) is 4.39 Å². The first-order chi connectivity index (χ1) is 16.3. The number of halogens is 1. The normalized spacial score (nSPS) is 31.6. The van der Waals surface area contributed by atoms with Crippen LogP contribution in [0.2, 0.25) is 0 Å². The molecular formula is C32H48FN. The highest BCUT2D eigenvalue weighted by atomic mass is 19.1. The lowest BCUT2D eigenvalue weighted by atomic mass is 9.66. The molecule has 5 unspecified atom stereocenters. The molecule has 1 nitrogen and oxygen atoms in total. The van der Waals surface area contributed by atoms with Gasteiger partial charge in [-0.2, -0.15) is 0 Å². The summed E-state index contributed by atoms with van der Waals surface area (Å²) in [5, 5.41) is 0. The van der Waals surface area contributed by atoms with Crippen LogP contribution < -0.4 is 0 Å². The van der Waals surface area contributed by atoms with E-state index in [4.69, 9.17) is 4.99 Å². The van der Waals surface area contributed by atoms with E-state index in [1.54, 1.807) is 0 Å². The van der Waals surface area contributed by atoms with Crippen molar-refractivity contribution in [1.29, 1.82) is 0 Å². The molecule has 0 bridgehead atoms. The van der Waals surface area contributed by atoms with Crippen molar-refractivity contribution in [1.82, 2.24) is 0 Å². The SMILES string of the molecule is C=C(C1=CC(C)C=N1)C(CC1=CCCC(C(=C)[C@H](F)C(C)C)C1)C1CCCC(CC2CCC2)C1. The van der Waals surface area contributed by atoms with Crippen molar-refractivity contribution in [3.8, 4) is 0 Å². The monoisotopic (exact) mass is 465 g/mol. The molecule has 0 amide bonds. The molecule has 6 atom stereocenters. The van der Waals surface area contributed by atoms with Crippen LogP contribution >= 0.6 is 0 Å². The van der Waals surface area contributed by atoms with E-state index in [1.807, 2.05) is 13.8 Å². The van der Waals surface area contributed by atoms with Crippen molar-refractivity contribution >= 4 is 6.21 Å². The number of hydrogen-bond acceptors (Lipinski definition) is 1. The summed E-state index contributed by atoms with van der Waals surface area (Å²) in [6.45, 7) is 15.0. The van der Waals surface area contributed by atoms with Crippen LogP contribution in [-0.2, 0) is 0 Å². The largest absolute Gasteiger partial charge is 0.261 e. The fourth-order valence-corrected chi connectivity index (χ4v) is 7.01. The lowest BCUT2D eigenvalue weighted by molar-refractivity contribution is 0.160. The minimum Gasteiger partial charge on any atom is -0.261 e. The van der Waals surface area contributed by atoms with Crippen LogP contribution in [0.5, 0.6) is 0 Å². The highest BCUT2D eigenvalue weighted by Crippen LogP contribution is 2.46. The topological polar surface area (TPSA) is 12.4 Å². The van der Waals surface area contributed by atoms with Gasteiger partial charge < -0.3 is 0 Å². The summed E-state index contributed by atoms with van der Waals surface area (Å²) >= 11 is 0. The van der Waals surface area contributed by atoms with Gasteiger partial charge in [0.25, 0.3) is 0 Å². The van der Waals surface area contributed by atoms with Gasteiger partial charge in [0.05, 0.1) is 5.70 Å². The molecule has 3 aliphatic carbocycles. The van der Waals surface area contributed by atoms with E-state index < -0.39 is 6.17 Å². The maximum atomic E-state index is 14.8. The third-order valence-electron chi connectivity index (χ3n) is 9.33. The first-order valence-corrected chi connectivity index (χ1v) is 14.3. The molecule has 1 heterocycles. The van der Waals surface area contributed by atoms with Crippen molar-refractivity contribution in [3.63, 3.8) is 0 Å². The van der Waals surface area contributed by atoms with Crippen LogP contribution in [0.15, 0.2) is 52.7 Å². The molecule has 0 aromatic heterocycles. The highest BCUT2D eigenvalue weighted by Gasteiger charge is 2.35. The quantitative estimate of drug-likeness (QED) is 0.285. The second kappa shape index (κ2) is 11.5. The predicted octanol–water partition coefficient (Wildman–Crippen LogP) is 9.43. The summed E-state index contributed by atoms with van der Waals surface area (Å²) in [5.41, 5.74) is 4.71. The predicted molar refractivity (Wildman–Crippen MR) is 145 cm³/mol. The van der Waals surface area contributed by atoms with Gasteiger partial charge in [0, 0.05) is 12.1 Å². The molecule has 0 aromatic carbocycles. The summed E-state index contributed by atoms with van der Waals surface area (Å²) in [5.74, 6) is 3.76. The number of aliphatic imine (C=N–C) groups is 1. The second-order valence-corrected chi connectivity index (χ2v) is 12.4. The number of rotatable bonds is 10. The molecule has 34 heavy (non-hydrogen) atoms. The number of alkyl halides is 1. The van der Waals surface area contributed by atoms with Gasteiger partial charge in [-0.05, 0) is 91.6 Å². The van der Waals surface area contributed by atoms with Crippen molar-refractivity contribution in [2.75, 3.05) is 0 Å². The van der Waals surface area contributed by atoms with Gasteiger partial charge >= 0.3 is 0 Å². The van der Waals surface area contributed by atoms with Gasteiger partial charge in [-0.3, -0.25) is 4.99 Å². The zero-order valence-electron chi connectivity index (χ0n) is 22.1. The Morgan fingerprint density at radius 3 is 2.47 bits per heavy atom. The van der Waals surface area contributed by atoms with Gasteiger partial charge in [0.15, 0.2) is 0 Å². The fourth-order valence-electron chi connectivity index (χ4n) is 7.01. The van der Waals surface area contributed by atoms with E-state index in [0.717, 1.165) is 48.8 Å². The summed E-state index contributed by atoms with van der Waals surface area (Å²) in [7, 11) is 0. The van der Waals surface area contributed by atoms with Gasteiger partial charge in [-0.1, -0.05) is 83.8 Å². The molecule has 0 radical (unpaired) electrons. The Morgan fingerprint density at radius 1 is 1.09 bits per heavy atom. The fraction of sp³-hybridized carbons (Fsp3) is 0.719. The molecule has 1 aliphatic heterocycles. The maximum absolute atomic E-state index is 14.8. The summed E-state index contributed by atoms with van der Waals surface area (Å²) in [4.78, 5) is 4.75. The van der Waals surface area contributed by atoms with Crippen LogP contribution in [0.4, 0.5) is 4.39 Å². The molecule has 0 spiro atoms. The summed E-state index contributed by atoms with van der Waals surface area (Å²) in [6.07, 6.45) is 21.3. The van der Waals surface area contributed by atoms with Crippen LogP contribution in [0.25, 0.3) is 0 Å². The smallest absolute Gasteiger partial charge is 0.123 e. The molecule has 2 heteroatoms. The Kier molecular flexibility index (Phi) is 8.70. The van der Waals surface area contributed by atoms with E-state index in [-0.39, 0.29) is 11.8 Å². The molecule has 4 aliphatic rings. The number of allylic oxidation sites excluding steroid dienone is 5. The lowest BCUT2D eigenvalue weighted by Gasteiger charge is -2.39. The van der Waals surface area contributed by atoms with Crippen LogP contribution in [-0.4, -0.2) is 12.4 Å².